The number of aryl methyl sites for hydroxylation is 2. The molecule has 0 spiro atoms. The number of hydrogen-bond donors (Lipinski definition) is 1. The highest BCUT2D eigenvalue weighted by molar-refractivity contribution is 5.96. The normalized spacial score (nSPS) is 11.0. The van der Waals surface area contributed by atoms with Gasteiger partial charge in [-0.15, -0.1) is 0 Å². The fraction of sp³-hybridized carbons (Fsp3) is 0.143. The van der Waals surface area contributed by atoms with Gasteiger partial charge in [0.25, 0.3) is 5.91 Å². The van der Waals surface area contributed by atoms with Crippen molar-refractivity contribution >= 4 is 12.1 Å². The van der Waals surface area contributed by atoms with E-state index in [0.717, 1.165) is 22.6 Å². The highest BCUT2D eigenvalue weighted by Gasteiger charge is 2.16. The molecule has 2 aromatic carbocycles. The van der Waals surface area contributed by atoms with Crippen molar-refractivity contribution in [2.75, 3.05) is 0 Å². The number of para-hydroxylation sites is 1. The Labute approximate surface area is 147 Å². The molecule has 0 bridgehead atoms. The standard InChI is InChI=1S/C21H21N3O/c1-15-9-11-18(12-10-15)14-22-23-21(25)20-13-16(2)24(17(20)3)19-7-5-4-6-8-19/h4-14H,1-3H3,(H,23,25)/b22-14+. The second kappa shape index (κ2) is 7.18. The van der Waals surface area contributed by atoms with Gasteiger partial charge in [0, 0.05) is 17.1 Å². The van der Waals surface area contributed by atoms with Crippen LogP contribution in [-0.2, 0) is 0 Å². The van der Waals surface area contributed by atoms with Crippen LogP contribution >= 0.6 is 0 Å². The van der Waals surface area contributed by atoms with Gasteiger partial charge >= 0.3 is 0 Å². The lowest BCUT2D eigenvalue weighted by molar-refractivity contribution is 0.0954. The minimum atomic E-state index is -0.210. The van der Waals surface area contributed by atoms with E-state index < -0.39 is 0 Å². The first-order valence-electron chi connectivity index (χ1n) is 8.20. The van der Waals surface area contributed by atoms with Gasteiger partial charge in [0.05, 0.1) is 11.8 Å². The van der Waals surface area contributed by atoms with Gasteiger partial charge in [-0.3, -0.25) is 4.79 Å². The first kappa shape index (κ1) is 16.7. The van der Waals surface area contributed by atoms with Crippen molar-refractivity contribution in [3.63, 3.8) is 0 Å². The summed E-state index contributed by atoms with van der Waals surface area (Å²) in [7, 11) is 0. The van der Waals surface area contributed by atoms with Crippen molar-refractivity contribution in [2.45, 2.75) is 20.8 Å². The highest BCUT2D eigenvalue weighted by Crippen LogP contribution is 2.20. The van der Waals surface area contributed by atoms with E-state index in [1.54, 1.807) is 6.21 Å². The number of amides is 1. The van der Waals surface area contributed by atoms with Gasteiger partial charge in [0.15, 0.2) is 0 Å². The highest BCUT2D eigenvalue weighted by atomic mass is 16.2. The van der Waals surface area contributed by atoms with Crippen LogP contribution in [0.5, 0.6) is 0 Å². The van der Waals surface area contributed by atoms with E-state index in [1.807, 2.05) is 81.4 Å². The number of aromatic nitrogens is 1. The van der Waals surface area contributed by atoms with E-state index in [9.17, 15) is 4.79 Å². The Balaban J connectivity index is 1.78. The molecule has 0 atom stereocenters. The Morgan fingerprint density at radius 3 is 2.36 bits per heavy atom. The summed E-state index contributed by atoms with van der Waals surface area (Å²) in [6.07, 6.45) is 1.65. The fourth-order valence-electron chi connectivity index (χ4n) is 2.85. The number of hydrazone groups is 1. The molecule has 0 aliphatic heterocycles. The quantitative estimate of drug-likeness (QED) is 0.566. The zero-order chi connectivity index (χ0) is 17.8. The van der Waals surface area contributed by atoms with Crippen LogP contribution in [0, 0.1) is 20.8 Å². The molecule has 0 unspecified atom stereocenters. The summed E-state index contributed by atoms with van der Waals surface area (Å²) < 4.78 is 2.07. The first-order valence-corrected chi connectivity index (χ1v) is 8.20. The molecule has 0 fully saturated rings. The molecular weight excluding hydrogens is 310 g/mol. The van der Waals surface area contributed by atoms with E-state index in [-0.39, 0.29) is 5.91 Å². The van der Waals surface area contributed by atoms with E-state index in [2.05, 4.69) is 15.1 Å². The lowest BCUT2D eigenvalue weighted by Gasteiger charge is -2.09. The Hall–Kier alpha value is -3.14. The topological polar surface area (TPSA) is 46.4 Å². The zero-order valence-electron chi connectivity index (χ0n) is 14.7. The first-order chi connectivity index (χ1) is 12.1. The molecule has 4 nitrogen and oxygen atoms in total. The summed E-state index contributed by atoms with van der Waals surface area (Å²) in [6.45, 7) is 5.97. The van der Waals surface area contributed by atoms with Gasteiger partial charge in [0.2, 0.25) is 0 Å². The van der Waals surface area contributed by atoms with Crippen LogP contribution in [-0.4, -0.2) is 16.7 Å². The number of carbonyl (C=O) groups excluding carboxylic acids is 1. The minimum absolute atomic E-state index is 0.210. The Kier molecular flexibility index (Phi) is 4.80. The summed E-state index contributed by atoms with van der Waals surface area (Å²) >= 11 is 0. The maximum atomic E-state index is 12.5. The molecule has 3 rings (SSSR count). The minimum Gasteiger partial charge on any atom is -0.318 e. The molecular formula is C21H21N3O. The monoisotopic (exact) mass is 331 g/mol. The number of hydrogen-bond acceptors (Lipinski definition) is 2. The average molecular weight is 331 g/mol. The van der Waals surface area contributed by atoms with Crippen molar-refractivity contribution in [1.29, 1.82) is 0 Å². The maximum Gasteiger partial charge on any atom is 0.273 e. The van der Waals surface area contributed by atoms with E-state index in [4.69, 9.17) is 0 Å². The van der Waals surface area contributed by atoms with Crippen LogP contribution in [0.4, 0.5) is 0 Å². The molecule has 0 saturated heterocycles. The second-order valence-corrected chi connectivity index (χ2v) is 6.07. The predicted molar refractivity (Wildman–Crippen MR) is 101 cm³/mol. The molecule has 0 aliphatic carbocycles. The Bertz CT molecular complexity index is 906. The number of carbonyl (C=O) groups is 1. The number of benzene rings is 2. The third-order valence-corrected chi connectivity index (χ3v) is 4.15. The molecule has 0 radical (unpaired) electrons. The third kappa shape index (κ3) is 3.69. The lowest BCUT2D eigenvalue weighted by Crippen LogP contribution is -2.18. The molecule has 0 aliphatic rings. The summed E-state index contributed by atoms with van der Waals surface area (Å²) in [5.41, 5.74) is 8.32. The molecule has 25 heavy (non-hydrogen) atoms. The lowest BCUT2D eigenvalue weighted by atomic mass is 10.2. The van der Waals surface area contributed by atoms with E-state index in [1.165, 1.54) is 5.56 Å². The molecule has 1 heterocycles. The van der Waals surface area contributed by atoms with Crippen LogP contribution in [0.25, 0.3) is 5.69 Å². The number of nitrogens with zero attached hydrogens (tertiary/aromatic N) is 2. The number of rotatable bonds is 4. The van der Waals surface area contributed by atoms with Gasteiger partial charge in [-0.2, -0.15) is 5.10 Å². The summed E-state index contributed by atoms with van der Waals surface area (Å²) in [5, 5.41) is 4.07. The molecule has 1 N–H and O–H groups in total. The zero-order valence-corrected chi connectivity index (χ0v) is 14.7. The molecule has 0 saturated carbocycles. The van der Waals surface area contributed by atoms with Crippen molar-refractivity contribution in [2.24, 2.45) is 5.10 Å². The van der Waals surface area contributed by atoms with Crippen LogP contribution in [0.3, 0.4) is 0 Å². The molecule has 4 heteroatoms. The third-order valence-electron chi connectivity index (χ3n) is 4.15. The van der Waals surface area contributed by atoms with Crippen LogP contribution < -0.4 is 5.43 Å². The molecule has 126 valence electrons. The largest absolute Gasteiger partial charge is 0.318 e. The summed E-state index contributed by atoms with van der Waals surface area (Å²) in [6, 6.07) is 19.8. The van der Waals surface area contributed by atoms with Crippen molar-refractivity contribution in [1.82, 2.24) is 9.99 Å². The van der Waals surface area contributed by atoms with Crippen LogP contribution in [0.15, 0.2) is 65.8 Å². The molecule has 1 amide bonds. The van der Waals surface area contributed by atoms with Crippen molar-refractivity contribution in [3.8, 4) is 5.69 Å². The van der Waals surface area contributed by atoms with Crippen LogP contribution in [0.1, 0.15) is 32.9 Å². The molecule has 3 aromatic rings. The number of nitrogens with one attached hydrogen (secondary N) is 1. The average Bonchev–Trinajstić information content (AvgIpc) is 2.92. The Morgan fingerprint density at radius 1 is 1.00 bits per heavy atom. The van der Waals surface area contributed by atoms with Gasteiger partial charge in [0.1, 0.15) is 0 Å². The van der Waals surface area contributed by atoms with Crippen molar-refractivity contribution < 1.29 is 4.79 Å². The van der Waals surface area contributed by atoms with Gasteiger partial charge in [-0.1, -0.05) is 48.0 Å². The molecule has 1 aromatic heterocycles. The van der Waals surface area contributed by atoms with Gasteiger partial charge in [-0.25, -0.2) is 5.43 Å². The van der Waals surface area contributed by atoms with E-state index in [0.29, 0.717) is 5.56 Å². The maximum absolute atomic E-state index is 12.5. The van der Waals surface area contributed by atoms with E-state index >= 15 is 0 Å². The predicted octanol–water partition coefficient (Wildman–Crippen LogP) is 4.17. The second-order valence-electron chi connectivity index (χ2n) is 6.07. The smallest absolute Gasteiger partial charge is 0.273 e. The van der Waals surface area contributed by atoms with Gasteiger partial charge in [-0.05, 0) is 44.5 Å². The summed E-state index contributed by atoms with van der Waals surface area (Å²) in [4.78, 5) is 12.5. The SMILES string of the molecule is Cc1ccc(/C=N/NC(=O)c2cc(C)n(-c3ccccc3)c2C)cc1. The van der Waals surface area contributed by atoms with Crippen LogP contribution in [0.2, 0.25) is 0 Å². The summed E-state index contributed by atoms with van der Waals surface area (Å²) in [5.74, 6) is -0.210. The van der Waals surface area contributed by atoms with Crippen molar-refractivity contribution in [3.05, 3.63) is 88.7 Å². The Morgan fingerprint density at radius 2 is 1.68 bits per heavy atom. The fourth-order valence-corrected chi connectivity index (χ4v) is 2.85. The van der Waals surface area contributed by atoms with Gasteiger partial charge < -0.3 is 4.57 Å².